The van der Waals surface area contributed by atoms with Crippen LogP contribution in [0.25, 0.3) is 0 Å². The predicted molar refractivity (Wildman–Crippen MR) is 91.1 cm³/mol. The smallest absolute Gasteiger partial charge is 0.308 e. The fourth-order valence-corrected chi connectivity index (χ4v) is 1.25. The molecular weight excluding hydrogens is 292 g/mol. The van der Waals surface area contributed by atoms with Gasteiger partial charge in [0.25, 0.3) is 0 Å². The number of hydrogen-bond acceptors (Lipinski definition) is 4. The highest BCUT2D eigenvalue weighted by atomic mass is 16.5. The number of ether oxygens (including phenoxy) is 1. The zero-order valence-electron chi connectivity index (χ0n) is 13.7. The quantitative estimate of drug-likeness (QED) is 0.408. The van der Waals surface area contributed by atoms with Crippen LogP contribution in [0.3, 0.4) is 0 Å². The minimum Gasteiger partial charge on any atom is -0.465 e. The molecule has 23 heavy (non-hydrogen) atoms. The van der Waals surface area contributed by atoms with Gasteiger partial charge in [0.15, 0.2) is 0 Å². The van der Waals surface area contributed by atoms with Crippen LogP contribution in [0.4, 0.5) is 0 Å². The highest BCUT2D eigenvalue weighted by molar-refractivity contribution is 5.71. The third-order valence-corrected chi connectivity index (χ3v) is 2.81. The largest absolute Gasteiger partial charge is 0.465 e. The molecule has 4 heteroatoms. The second-order valence-electron chi connectivity index (χ2n) is 4.70. The van der Waals surface area contributed by atoms with Crippen molar-refractivity contribution in [3.8, 4) is 23.7 Å². The maximum atomic E-state index is 11.4. The molecule has 2 N–H and O–H groups in total. The first-order chi connectivity index (χ1) is 11.1. The molecule has 0 fully saturated rings. The first kappa shape index (κ1) is 20.7. The zero-order valence-corrected chi connectivity index (χ0v) is 13.7. The Bertz CT molecular complexity index is 535. The number of carbonyl (C=O) groups is 1. The minimum absolute atomic E-state index is 0.0358. The molecule has 0 aromatic rings. The van der Waals surface area contributed by atoms with Crippen LogP contribution >= 0.6 is 0 Å². The van der Waals surface area contributed by atoms with Crippen molar-refractivity contribution in [1.82, 2.24) is 0 Å². The van der Waals surface area contributed by atoms with Crippen LogP contribution in [0.1, 0.15) is 26.7 Å². The van der Waals surface area contributed by atoms with Crippen LogP contribution < -0.4 is 0 Å². The lowest BCUT2D eigenvalue weighted by Gasteiger charge is -2.10. The van der Waals surface area contributed by atoms with E-state index in [9.17, 15) is 9.90 Å². The molecule has 0 saturated carbocycles. The van der Waals surface area contributed by atoms with Crippen molar-refractivity contribution in [2.45, 2.75) is 32.8 Å². The normalized spacial score (nSPS) is 13.4. The molecular formula is C19H24O4. The maximum absolute atomic E-state index is 11.4. The van der Waals surface area contributed by atoms with Crippen LogP contribution in [-0.2, 0) is 9.53 Å². The fourth-order valence-electron chi connectivity index (χ4n) is 1.25. The van der Waals surface area contributed by atoms with Gasteiger partial charge in [-0.15, -0.1) is 0 Å². The summed E-state index contributed by atoms with van der Waals surface area (Å²) >= 11 is 0. The van der Waals surface area contributed by atoms with E-state index in [1.54, 1.807) is 24.3 Å². The Morgan fingerprint density at radius 2 is 1.91 bits per heavy atom. The van der Waals surface area contributed by atoms with Crippen molar-refractivity contribution in [3.05, 3.63) is 36.5 Å². The molecule has 0 aromatic heterocycles. The fraction of sp³-hybridized carbons (Fsp3) is 0.421. The Balaban J connectivity index is 3.96. The predicted octanol–water partition coefficient (Wildman–Crippen LogP) is 1.99. The van der Waals surface area contributed by atoms with Crippen LogP contribution in [0.5, 0.6) is 0 Å². The average molecular weight is 316 g/mol. The van der Waals surface area contributed by atoms with E-state index in [1.807, 2.05) is 13.8 Å². The summed E-state index contributed by atoms with van der Waals surface area (Å²) in [6, 6.07) is 0. The van der Waals surface area contributed by atoms with Crippen LogP contribution in [0.2, 0.25) is 0 Å². The van der Waals surface area contributed by atoms with Crippen molar-refractivity contribution < 1.29 is 19.7 Å². The first-order valence-electron chi connectivity index (χ1n) is 7.56. The Kier molecular flexibility index (Phi) is 13.2. The van der Waals surface area contributed by atoms with Gasteiger partial charge in [-0.1, -0.05) is 50.0 Å². The van der Waals surface area contributed by atoms with E-state index in [2.05, 4.69) is 23.7 Å². The van der Waals surface area contributed by atoms with E-state index < -0.39 is 6.10 Å². The zero-order chi connectivity index (χ0) is 17.3. The summed E-state index contributed by atoms with van der Waals surface area (Å²) in [5.74, 6) is 10.2. The van der Waals surface area contributed by atoms with Gasteiger partial charge in [-0.3, -0.25) is 4.79 Å². The number of hydrogen-bond donors (Lipinski definition) is 2. The van der Waals surface area contributed by atoms with Gasteiger partial charge < -0.3 is 14.9 Å². The first-order valence-corrected chi connectivity index (χ1v) is 7.56. The van der Waals surface area contributed by atoms with Gasteiger partial charge in [-0.2, -0.15) is 0 Å². The molecule has 0 aliphatic heterocycles. The summed E-state index contributed by atoms with van der Waals surface area (Å²) < 4.78 is 5.06. The van der Waals surface area contributed by atoms with Crippen LogP contribution in [0, 0.1) is 29.6 Å². The molecule has 0 heterocycles. The van der Waals surface area contributed by atoms with Gasteiger partial charge in [0, 0.05) is 6.42 Å². The van der Waals surface area contributed by atoms with Crippen molar-refractivity contribution in [3.63, 3.8) is 0 Å². The lowest BCUT2D eigenvalue weighted by atomic mass is 10.1. The SMILES string of the molecule is CCC(C)C(=O)OCCC(O)/C=C/C=C\C#CC#C/C=C/CO. The van der Waals surface area contributed by atoms with E-state index in [0.29, 0.717) is 6.42 Å². The summed E-state index contributed by atoms with van der Waals surface area (Å²) in [5, 5.41) is 18.2. The van der Waals surface area contributed by atoms with E-state index in [0.717, 1.165) is 6.42 Å². The third-order valence-electron chi connectivity index (χ3n) is 2.81. The van der Waals surface area contributed by atoms with Crippen molar-refractivity contribution >= 4 is 5.97 Å². The number of allylic oxidation sites excluding steroid dienone is 4. The molecule has 0 aliphatic carbocycles. The Hall–Kier alpha value is -2.27. The second-order valence-corrected chi connectivity index (χ2v) is 4.70. The van der Waals surface area contributed by atoms with Crippen LogP contribution in [-0.4, -0.2) is 35.5 Å². The van der Waals surface area contributed by atoms with Gasteiger partial charge in [0.1, 0.15) is 0 Å². The van der Waals surface area contributed by atoms with Gasteiger partial charge in [-0.05, 0) is 30.4 Å². The molecule has 0 rings (SSSR count). The topological polar surface area (TPSA) is 66.8 Å². The van der Waals surface area contributed by atoms with E-state index in [4.69, 9.17) is 9.84 Å². The van der Waals surface area contributed by atoms with Gasteiger partial charge in [0.2, 0.25) is 0 Å². The number of aliphatic hydroxyl groups excluding tert-OH is 2. The molecule has 0 aromatic carbocycles. The lowest BCUT2D eigenvalue weighted by Crippen LogP contribution is -2.17. The Labute approximate surface area is 138 Å². The van der Waals surface area contributed by atoms with Crippen molar-refractivity contribution in [1.29, 1.82) is 0 Å². The summed E-state index contributed by atoms with van der Waals surface area (Å²) in [5.41, 5.74) is 0. The molecule has 4 nitrogen and oxygen atoms in total. The second kappa shape index (κ2) is 14.7. The number of aliphatic hydroxyl groups is 2. The van der Waals surface area contributed by atoms with Gasteiger partial charge >= 0.3 is 5.97 Å². The molecule has 2 unspecified atom stereocenters. The molecule has 2 atom stereocenters. The van der Waals surface area contributed by atoms with E-state index in [1.165, 1.54) is 12.2 Å². The average Bonchev–Trinajstić information content (AvgIpc) is 2.55. The standard InChI is InChI=1S/C19H24O4/c1-3-17(2)19(22)23-16-14-18(21)13-11-9-7-5-4-6-8-10-12-15-20/h7,9-13,17-18,20-21H,3,14-16H2,1-2H3/b9-7-,12-10+,13-11+. The minimum atomic E-state index is -0.666. The molecule has 0 spiro atoms. The lowest BCUT2D eigenvalue weighted by molar-refractivity contribution is -0.148. The molecule has 0 aliphatic rings. The van der Waals surface area contributed by atoms with E-state index in [-0.39, 0.29) is 25.1 Å². The Morgan fingerprint density at radius 3 is 2.57 bits per heavy atom. The highest BCUT2D eigenvalue weighted by Crippen LogP contribution is 2.04. The van der Waals surface area contributed by atoms with Crippen molar-refractivity contribution in [2.24, 2.45) is 5.92 Å². The number of carbonyl (C=O) groups excluding carboxylic acids is 1. The van der Waals surface area contributed by atoms with Gasteiger partial charge in [0.05, 0.1) is 25.2 Å². The monoisotopic (exact) mass is 316 g/mol. The number of esters is 1. The van der Waals surface area contributed by atoms with Crippen molar-refractivity contribution in [2.75, 3.05) is 13.2 Å². The number of rotatable bonds is 8. The Morgan fingerprint density at radius 1 is 1.22 bits per heavy atom. The highest BCUT2D eigenvalue weighted by Gasteiger charge is 2.11. The summed E-state index contributed by atoms with van der Waals surface area (Å²) in [6.45, 7) is 3.91. The molecule has 0 amide bonds. The third kappa shape index (κ3) is 13.1. The molecule has 124 valence electrons. The van der Waals surface area contributed by atoms with Crippen LogP contribution in [0.15, 0.2) is 36.5 Å². The molecule has 0 radical (unpaired) electrons. The summed E-state index contributed by atoms with van der Waals surface area (Å²) in [7, 11) is 0. The molecule has 0 bridgehead atoms. The van der Waals surface area contributed by atoms with Gasteiger partial charge in [-0.25, -0.2) is 0 Å². The summed E-state index contributed by atoms with van der Waals surface area (Å²) in [4.78, 5) is 11.4. The summed E-state index contributed by atoms with van der Waals surface area (Å²) in [6.07, 6.45) is 10.1. The maximum Gasteiger partial charge on any atom is 0.308 e. The molecule has 0 saturated heterocycles. The van der Waals surface area contributed by atoms with E-state index >= 15 is 0 Å².